The fraction of sp³-hybridized carbons (Fsp3) is 0.440. The average Bonchev–Trinajstić information content (AvgIpc) is 3.14. The van der Waals surface area contributed by atoms with Crippen molar-refractivity contribution in [2.24, 2.45) is 10.9 Å². The lowest BCUT2D eigenvalue weighted by atomic mass is 10.1. The number of aliphatic imine (C=N–C) groups is 1. The number of likely N-dealkylation sites (tertiary alicyclic amines) is 1. The SMILES string of the molecule is CCNC(=NCc1ccc(OC)c(C)c1)NCC1CC(=O)N(CCc2ccccc2)C1. The van der Waals surface area contributed by atoms with Crippen LogP contribution < -0.4 is 15.4 Å². The lowest BCUT2D eigenvalue weighted by Crippen LogP contribution is -2.40. The molecule has 0 spiro atoms. The minimum absolute atomic E-state index is 0.248. The maximum Gasteiger partial charge on any atom is 0.223 e. The molecule has 0 aliphatic carbocycles. The second-order valence-corrected chi connectivity index (χ2v) is 8.03. The maximum atomic E-state index is 12.4. The molecule has 1 atom stereocenters. The Bertz CT molecular complexity index is 882. The number of nitrogens with zero attached hydrogens (tertiary/aromatic N) is 2. The summed E-state index contributed by atoms with van der Waals surface area (Å²) in [7, 11) is 1.68. The molecular formula is C25H34N4O2. The molecule has 1 saturated heterocycles. The first-order valence-corrected chi connectivity index (χ1v) is 11.1. The van der Waals surface area contributed by atoms with Gasteiger partial charge in [0.15, 0.2) is 5.96 Å². The zero-order chi connectivity index (χ0) is 22.1. The first-order valence-electron chi connectivity index (χ1n) is 11.1. The Labute approximate surface area is 185 Å². The molecule has 1 aliphatic heterocycles. The lowest BCUT2D eigenvalue weighted by molar-refractivity contribution is -0.127. The summed E-state index contributed by atoms with van der Waals surface area (Å²) in [5, 5.41) is 6.72. The Balaban J connectivity index is 1.49. The summed E-state index contributed by atoms with van der Waals surface area (Å²) < 4.78 is 5.33. The third-order valence-electron chi connectivity index (χ3n) is 5.59. The van der Waals surface area contributed by atoms with Crippen molar-refractivity contribution in [2.75, 3.05) is 33.3 Å². The van der Waals surface area contributed by atoms with Gasteiger partial charge in [0.25, 0.3) is 0 Å². The smallest absolute Gasteiger partial charge is 0.223 e. The Hall–Kier alpha value is -3.02. The number of guanidine groups is 1. The van der Waals surface area contributed by atoms with Crippen LogP contribution in [0.2, 0.25) is 0 Å². The number of hydrogen-bond acceptors (Lipinski definition) is 3. The summed E-state index contributed by atoms with van der Waals surface area (Å²) in [6, 6.07) is 16.5. The number of nitrogens with one attached hydrogen (secondary N) is 2. The van der Waals surface area contributed by atoms with E-state index >= 15 is 0 Å². The Morgan fingerprint density at radius 3 is 2.68 bits per heavy atom. The molecule has 6 nitrogen and oxygen atoms in total. The maximum absolute atomic E-state index is 12.4. The van der Waals surface area contributed by atoms with Crippen LogP contribution in [-0.2, 0) is 17.8 Å². The number of methoxy groups -OCH3 is 1. The molecule has 0 aromatic heterocycles. The molecule has 1 fully saturated rings. The molecule has 1 heterocycles. The standard InChI is InChI=1S/C25H34N4O2/c1-4-26-25(27-16-21-10-11-23(31-3)19(2)14-21)28-17-22-15-24(30)29(18-22)13-12-20-8-6-5-7-9-20/h5-11,14,22H,4,12-13,15-18H2,1-3H3,(H2,26,27,28). The third kappa shape index (κ3) is 6.74. The molecule has 3 rings (SSSR count). The van der Waals surface area contributed by atoms with Crippen molar-refractivity contribution in [1.29, 1.82) is 0 Å². The quantitative estimate of drug-likeness (QED) is 0.481. The number of ether oxygens (including phenoxy) is 1. The molecule has 1 aliphatic rings. The van der Waals surface area contributed by atoms with Crippen LogP contribution >= 0.6 is 0 Å². The minimum Gasteiger partial charge on any atom is -0.496 e. The van der Waals surface area contributed by atoms with Crippen molar-refractivity contribution in [3.63, 3.8) is 0 Å². The lowest BCUT2D eigenvalue weighted by Gasteiger charge is -2.18. The molecule has 1 unspecified atom stereocenters. The van der Waals surface area contributed by atoms with Crippen molar-refractivity contribution in [2.45, 2.75) is 33.2 Å². The molecule has 31 heavy (non-hydrogen) atoms. The highest BCUT2D eigenvalue weighted by molar-refractivity contribution is 5.81. The number of rotatable bonds is 9. The number of hydrogen-bond donors (Lipinski definition) is 2. The molecule has 0 radical (unpaired) electrons. The van der Waals surface area contributed by atoms with E-state index in [-0.39, 0.29) is 5.91 Å². The topological polar surface area (TPSA) is 66.0 Å². The van der Waals surface area contributed by atoms with Gasteiger partial charge in [0, 0.05) is 38.5 Å². The van der Waals surface area contributed by atoms with Crippen LogP contribution in [0, 0.1) is 12.8 Å². The zero-order valence-corrected chi connectivity index (χ0v) is 18.9. The molecule has 2 N–H and O–H groups in total. The van der Waals surface area contributed by atoms with Gasteiger partial charge in [-0.25, -0.2) is 4.99 Å². The van der Waals surface area contributed by atoms with Crippen LogP contribution in [0.3, 0.4) is 0 Å². The highest BCUT2D eigenvalue weighted by atomic mass is 16.5. The zero-order valence-electron chi connectivity index (χ0n) is 18.9. The largest absolute Gasteiger partial charge is 0.496 e. The van der Waals surface area contributed by atoms with Crippen LogP contribution in [-0.4, -0.2) is 50.1 Å². The van der Waals surface area contributed by atoms with Crippen LogP contribution in [0.15, 0.2) is 53.5 Å². The summed E-state index contributed by atoms with van der Waals surface area (Å²) in [5.74, 6) is 2.22. The van der Waals surface area contributed by atoms with E-state index in [0.717, 1.165) is 55.4 Å². The first kappa shape index (κ1) is 22.7. The molecular weight excluding hydrogens is 388 g/mol. The molecule has 1 amide bonds. The molecule has 0 saturated carbocycles. The van der Waals surface area contributed by atoms with Crippen LogP contribution in [0.1, 0.15) is 30.0 Å². The van der Waals surface area contributed by atoms with Gasteiger partial charge >= 0.3 is 0 Å². The Morgan fingerprint density at radius 1 is 1.16 bits per heavy atom. The predicted octanol–water partition coefficient (Wildman–Crippen LogP) is 3.15. The minimum atomic E-state index is 0.248. The number of amides is 1. The highest BCUT2D eigenvalue weighted by Gasteiger charge is 2.29. The van der Waals surface area contributed by atoms with Gasteiger partial charge in [-0.05, 0) is 43.0 Å². The number of carbonyl (C=O) groups excluding carboxylic acids is 1. The summed E-state index contributed by atoms with van der Waals surface area (Å²) in [6.07, 6.45) is 1.50. The summed E-state index contributed by atoms with van der Waals surface area (Å²) in [6.45, 7) is 7.80. The number of benzene rings is 2. The van der Waals surface area contributed by atoms with Crippen molar-refractivity contribution in [3.05, 3.63) is 65.2 Å². The van der Waals surface area contributed by atoms with Crippen molar-refractivity contribution in [1.82, 2.24) is 15.5 Å². The van der Waals surface area contributed by atoms with Gasteiger partial charge in [-0.3, -0.25) is 4.79 Å². The molecule has 2 aromatic rings. The second-order valence-electron chi connectivity index (χ2n) is 8.03. The Kier molecular flexibility index (Phi) is 8.33. The summed E-state index contributed by atoms with van der Waals surface area (Å²) in [4.78, 5) is 19.1. The highest BCUT2D eigenvalue weighted by Crippen LogP contribution is 2.19. The summed E-state index contributed by atoms with van der Waals surface area (Å²) in [5.41, 5.74) is 3.51. The van der Waals surface area contributed by atoms with Crippen LogP contribution in [0.4, 0.5) is 0 Å². The van der Waals surface area contributed by atoms with E-state index in [2.05, 4.69) is 35.8 Å². The van der Waals surface area contributed by atoms with E-state index in [0.29, 0.717) is 18.9 Å². The normalized spacial score (nSPS) is 16.5. The van der Waals surface area contributed by atoms with Gasteiger partial charge in [0.2, 0.25) is 5.91 Å². The van der Waals surface area contributed by atoms with Crippen LogP contribution in [0.5, 0.6) is 5.75 Å². The van der Waals surface area contributed by atoms with E-state index in [1.54, 1.807) is 7.11 Å². The molecule has 166 valence electrons. The van der Waals surface area contributed by atoms with Gasteiger partial charge in [-0.15, -0.1) is 0 Å². The Morgan fingerprint density at radius 2 is 1.97 bits per heavy atom. The van der Waals surface area contributed by atoms with E-state index in [1.807, 2.05) is 42.2 Å². The monoisotopic (exact) mass is 422 g/mol. The molecule has 0 bridgehead atoms. The fourth-order valence-electron chi connectivity index (χ4n) is 3.91. The van der Waals surface area contributed by atoms with E-state index in [4.69, 9.17) is 9.73 Å². The van der Waals surface area contributed by atoms with Crippen molar-refractivity contribution in [3.8, 4) is 5.75 Å². The first-order chi connectivity index (χ1) is 15.1. The van der Waals surface area contributed by atoms with Crippen molar-refractivity contribution >= 4 is 11.9 Å². The summed E-state index contributed by atoms with van der Waals surface area (Å²) >= 11 is 0. The van der Waals surface area contributed by atoms with Crippen molar-refractivity contribution < 1.29 is 9.53 Å². The molecule has 2 aromatic carbocycles. The van der Waals surface area contributed by atoms with Crippen LogP contribution in [0.25, 0.3) is 0 Å². The van der Waals surface area contributed by atoms with Gasteiger partial charge in [0.1, 0.15) is 5.75 Å². The fourth-order valence-corrected chi connectivity index (χ4v) is 3.91. The second kappa shape index (κ2) is 11.4. The van der Waals surface area contributed by atoms with E-state index < -0.39 is 0 Å². The van der Waals surface area contributed by atoms with Gasteiger partial charge < -0.3 is 20.3 Å². The van der Waals surface area contributed by atoms with Gasteiger partial charge in [0.05, 0.1) is 13.7 Å². The molecule has 6 heteroatoms. The third-order valence-corrected chi connectivity index (χ3v) is 5.59. The average molecular weight is 423 g/mol. The predicted molar refractivity (Wildman–Crippen MR) is 125 cm³/mol. The van der Waals surface area contributed by atoms with E-state index in [9.17, 15) is 4.79 Å². The van der Waals surface area contributed by atoms with E-state index in [1.165, 1.54) is 5.56 Å². The number of carbonyl (C=O) groups is 1. The van der Waals surface area contributed by atoms with Gasteiger partial charge in [-0.2, -0.15) is 0 Å². The van der Waals surface area contributed by atoms with Gasteiger partial charge in [-0.1, -0.05) is 42.5 Å². The number of aryl methyl sites for hydroxylation is 1.